The summed E-state index contributed by atoms with van der Waals surface area (Å²) < 4.78 is 22.0. The number of nitrogens with one attached hydrogen (secondary N) is 1. The molecule has 0 saturated carbocycles. The SMILES string of the molecule is O=C1CS(=O)(=O)C(CO)CN1. The summed E-state index contributed by atoms with van der Waals surface area (Å²) in [7, 11) is -3.38. The molecule has 1 amide bonds. The van der Waals surface area contributed by atoms with Gasteiger partial charge in [-0.2, -0.15) is 0 Å². The average molecular weight is 179 g/mol. The third-order valence-corrected chi connectivity index (χ3v) is 3.57. The van der Waals surface area contributed by atoms with Crippen molar-refractivity contribution in [2.75, 3.05) is 18.9 Å². The number of carbonyl (C=O) groups is 1. The second kappa shape index (κ2) is 2.78. The van der Waals surface area contributed by atoms with Crippen LogP contribution in [-0.2, 0) is 14.6 Å². The Morgan fingerprint density at radius 1 is 1.64 bits per heavy atom. The van der Waals surface area contributed by atoms with E-state index in [0.29, 0.717) is 0 Å². The fourth-order valence-electron chi connectivity index (χ4n) is 0.884. The molecule has 0 aliphatic carbocycles. The second-order valence-corrected chi connectivity index (χ2v) is 4.70. The zero-order chi connectivity index (χ0) is 8.48. The maximum atomic E-state index is 11.0. The van der Waals surface area contributed by atoms with Gasteiger partial charge in [-0.1, -0.05) is 0 Å². The van der Waals surface area contributed by atoms with Crippen LogP contribution >= 0.6 is 0 Å². The van der Waals surface area contributed by atoms with Gasteiger partial charge in [-0.3, -0.25) is 4.79 Å². The van der Waals surface area contributed by atoms with Crippen LogP contribution in [0, 0.1) is 0 Å². The van der Waals surface area contributed by atoms with Gasteiger partial charge in [0.15, 0.2) is 9.84 Å². The predicted octanol–water partition coefficient (Wildman–Crippen LogP) is -2.11. The molecule has 1 aliphatic rings. The monoisotopic (exact) mass is 179 g/mol. The standard InChI is InChI=1S/C5H9NO4S/c7-2-4-1-6-5(8)3-11(4,9)10/h4,7H,1-3H2,(H,6,8). The summed E-state index contributed by atoms with van der Waals surface area (Å²) in [4.78, 5) is 10.6. The van der Waals surface area contributed by atoms with Crippen molar-refractivity contribution in [1.29, 1.82) is 0 Å². The Kier molecular flexibility index (Phi) is 2.15. The third-order valence-electron chi connectivity index (χ3n) is 1.57. The van der Waals surface area contributed by atoms with Crippen LogP contribution in [-0.4, -0.2) is 43.6 Å². The van der Waals surface area contributed by atoms with Gasteiger partial charge >= 0.3 is 0 Å². The van der Waals surface area contributed by atoms with Gasteiger partial charge in [-0.05, 0) is 0 Å². The van der Waals surface area contributed by atoms with E-state index in [1.165, 1.54) is 0 Å². The quantitative estimate of drug-likeness (QED) is 0.482. The minimum atomic E-state index is -3.38. The van der Waals surface area contributed by atoms with Crippen molar-refractivity contribution in [3.8, 4) is 0 Å². The smallest absolute Gasteiger partial charge is 0.235 e. The van der Waals surface area contributed by atoms with Crippen molar-refractivity contribution >= 4 is 15.7 Å². The largest absolute Gasteiger partial charge is 0.395 e. The molecule has 5 nitrogen and oxygen atoms in total. The van der Waals surface area contributed by atoms with Gasteiger partial charge in [0.25, 0.3) is 0 Å². The van der Waals surface area contributed by atoms with E-state index in [2.05, 4.69) is 5.32 Å². The summed E-state index contributed by atoms with van der Waals surface area (Å²) in [5.74, 6) is -0.993. The lowest BCUT2D eigenvalue weighted by Gasteiger charge is -2.20. The molecule has 1 atom stereocenters. The number of hydrogen-bond donors (Lipinski definition) is 2. The van der Waals surface area contributed by atoms with E-state index in [1.54, 1.807) is 0 Å². The molecule has 2 N–H and O–H groups in total. The van der Waals surface area contributed by atoms with Crippen LogP contribution < -0.4 is 5.32 Å². The average Bonchev–Trinajstić information content (AvgIpc) is 1.85. The third kappa shape index (κ3) is 1.69. The fourth-order valence-corrected chi connectivity index (χ4v) is 2.15. The van der Waals surface area contributed by atoms with E-state index >= 15 is 0 Å². The number of carbonyl (C=O) groups excluding carboxylic acids is 1. The maximum absolute atomic E-state index is 11.0. The minimum absolute atomic E-state index is 0.0255. The molecule has 1 aliphatic heterocycles. The second-order valence-electron chi connectivity index (χ2n) is 2.42. The summed E-state index contributed by atoms with van der Waals surface area (Å²) in [6.07, 6.45) is 0. The number of amides is 1. The first-order valence-electron chi connectivity index (χ1n) is 3.15. The summed E-state index contributed by atoms with van der Waals surface area (Å²) in [6, 6.07) is 0. The number of aliphatic hydroxyl groups is 1. The Hall–Kier alpha value is -0.620. The van der Waals surface area contributed by atoms with Gasteiger partial charge in [-0.25, -0.2) is 8.42 Å². The molecule has 6 heteroatoms. The highest BCUT2D eigenvalue weighted by molar-refractivity contribution is 7.92. The maximum Gasteiger partial charge on any atom is 0.235 e. The van der Waals surface area contributed by atoms with Crippen LogP contribution in [0.15, 0.2) is 0 Å². The van der Waals surface area contributed by atoms with Gasteiger partial charge in [0.05, 0.1) is 6.61 Å². The molecule has 1 heterocycles. The van der Waals surface area contributed by atoms with Gasteiger partial charge in [0.2, 0.25) is 5.91 Å². The molecule has 0 bridgehead atoms. The molecule has 64 valence electrons. The van der Waals surface area contributed by atoms with E-state index in [9.17, 15) is 13.2 Å². The van der Waals surface area contributed by atoms with Crippen LogP contribution in [0.25, 0.3) is 0 Å². The van der Waals surface area contributed by atoms with Crippen LogP contribution in [0.3, 0.4) is 0 Å². The van der Waals surface area contributed by atoms with E-state index in [-0.39, 0.29) is 6.54 Å². The first-order chi connectivity index (χ1) is 5.06. The minimum Gasteiger partial charge on any atom is -0.395 e. The Bertz CT molecular complexity index is 258. The van der Waals surface area contributed by atoms with E-state index in [4.69, 9.17) is 5.11 Å². The zero-order valence-corrected chi connectivity index (χ0v) is 6.60. The summed E-state index contributed by atoms with van der Waals surface area (Å²) >= 11 is 0. The summed E-state index contributed by atoms with van der Waals surface area (Å²) in [6.45, 7) is -0.402. The molecule has 0 aromatic carbocycles. The molecular formula is C5H9NO4S. The highest BCUT2D eigenvalue weighted by Crippen LogP contribution is 2.05. The van der Waals surface area contributed by atoms with Crippen molar-refractivity contribution in [2.45, 2.75) is 5.25 Å². The van der Waals surface area contributed by atoms with Crippen LogP contribution in [0.4, 0.5) is 0 Å². The predicted molar refractivity (Wildman–Crippen MR) is 37.7 cm³/mol. The van der Waals surface area contributed by atoms with Crippen LogP contribution in [0.5, 0.6) is 0 Å². The molecule has 1 fully saturated rings. The summed E-state index contributed by atoms with van der Waals surface area (Å²) in [5.41, 5.74) is 0. The Morgan fingerprint density at radius 3 is 2.73 bits per heavy atom. The Balaban J connectivity index is 2.80. The van der Waals surface area contributed by atoms with Gasteiger partial charge in [-0.15, -0.1) is 0 Å². The molecule has 1 rings (SSSR count). The van der Waals surface area contributed by atoms with Crippen molar-refractivity contribution in [3.05, 3.63) is 0 Å². The lowest BCUT2D eigenvalue weighted by molar-refractivity contribution is -0.118. The highest BCUT2D eigenvalue weighted by Gasteiger charge is 2.32. The highest BCUT2D eigenvalue weighted by atomic mass is 32.2. The van der Waals surface area contributed by atoms with Crippen LogP contribution in [0.2, 0.25) is 0 Å². The number of hydrogen-bond acceptors (Lipinski definition) is 4. The summed E-state index contributed by atoms with van der Waals surface area (Å²) in [5, 5.41) is 10.1. The van der Waals surface area contributed by atoms with E-state index in [1.807, 2.05) is 0 Å². The molecule has 0 radical (unpaired) electrons. The molecule has 1 saturated heterocycles. The lowest BCUT2D eigenvalue weighted by atomic mass is 10.4. The van der Waals surface area contributed by atoms with Gasteiger partial charge < -0.3 is 10.4 Å². The molecule has 0 aromatic heterocycles. The first kappa shape index (κ1) is 8.48. The number of rotatable bonds is 1. The molecule has 11 heavy (non-hydrogen) atoms. The van der Waals surface area contributed by atoms with Gasteiger partial charge in [0.1, 0.15) is 11.0 Å². The normalized spacial score (nSPS) is 29.5. The number of sulfone groups is 1. The molecular weight excluding hydrogens is 170 g/mol. The van der Waals surface area contributed by atoms with Gasteiger partial charge in [0, 0.05) is 6.54 Å². The van der Waals surface area contributed by atoms with Crippen molar-refractivity contribution in [1.82, 2.24) is 5.32 Å². The van der Waals surface area contributed by atoms with Crippen molar-refractivity contribution < 1.29 is 18.3 Å². The van der Waals surface area contributed by atoms with Crippen LogP contribution in [0.1, 0.15) is 0 Å². The lowest BCUT2D eigenvalue weighted by Crippen LogP contribution is -2.49. The molecule has 0 aromatic rings. The van der Waals surface area contributed by atoms with E-state index < -0.39 is 33.4 Å². The topological polar surface area (TPSA) is 83.5 Å². The first-order valence-corrected chi connectivity index (χ1v) is 4.87. The zero-order valence-electron chi connectivity index (χ0n) is 5.78. The molecule has 0 spiro atoms. The Labute approximate surface area is 64.3 Å². The van der Waals surface area contributed by atoms with Crippen molar-refractivity contribution in [3.63, 3.8) is 0 Å². The molecule has 1 unspecified atom stereocenters. The fraction of sp³-hybridized carbons (Fsp3) is 0.800. The van der Waals surface area contributed by atoms with Crippen molar-refractivity contribution in [2.24, 2.45) is 0 Å². The van der Waals surface area contributed by atoms with E-state index in [0.717, 1.165) is 0 Å². The Morgan fingerprint density at radius 2 is 2.27 bits per heavy atom. The number of aliphatic hydroxyl groups excluding tert-OH is 1.